The largest absolute Gasteiger partial charge is 0.307 e. The van der Waals surface area contributed by atoms with Gasteiger partial charge in [-0.25, -0.2) is 0 Å². The molecule has 2 nitrogen and oxygen atoms in total. The number of nitrogens with zero attached hydrogens (tertiary/aromatic N) is 1. The molecule has 0 radical (unpaired) electrons. The van der Waals surface area contributed by atoms with E-state index >= 15 is 0 Å². The van der Waals surface area contributed by atoms with E-state index in [2.05, 4.69) is 87.0 Å². The van der Waals surface area contributed by atoms with Gasteiger partial charge >= 0.3 is 0 Å². The highest BCUT2D eigenvalue weighted by Crippen LogP contribution is 2.41. The first kappa shape index (κ1) is 31.6. The molecular weight excluding hydrogens is 618 g/mol. The summed E-state index contributed by atoms with van der Waals surface area (Å²) in [5.74, 6) is 0.721. The van der Waals surface area contributed by atoms with Gasteiger partial charge in [-0.1, -0.05) is 126 Å². The van der Waals surface area contributed by atoms with E-state index in [-0.39, 0.29) is 5.91 Å². The molecule has 0 bridgehead atoms. The third-order valence-electron chi connectivity index (χ3n) is 7.77. The lowest BCUT2D eigenvalue weighted by molar-refractivity contribution is -0.113. The van der Waals surface area contributed by atoms with Crippen LogP contribution in [0.25, 0.3) is 11.6 Å². The van der Waals surface area contributed by atoms with Crippen LogP contribution in [0, 0.1) is 5.92 Å². The second-order valence-corrected chi connectivity index (χ2v) is 14.4. The monoisotopic (exact) mass is 663 g/mol. The number of thiophene rings is 1. The molecular formula is C33H47Br2NOS. The Hall–Kier alpha value is -0.910. The molecule has 1 unspecified atom stereocenters. The molecule has 0 saturated carbocycles. The molecule has 1 aromatic heterocycles. The minimum Gasteiger partial charge on any atom is -0.307 e. The zero-order valence-electron chi connectivity index (χ0n) is 23.6. The normalized spacial score (nSPS) is 15.0. The molecule has 0 aliphatic carbocycles. The van der Waals surface area contributed by atoms with Gasteiger partial charge in [0.25, 0.3) is 5.91 Å². The van der Waals surface area contributed by atoms with Crippen molar-refractivity contribution < 1.29 is 4.79 Å². The zero-order chi connectivity index (χ0) is 27.2. The zero-order valence-corrected chi connectivity index (χ0v) is 27.6. The van der Waals surface area contributed by atoms with Crippen molar-refractivity contribution in [3.05, 3.63) is 49.0 Å². The number of halogens is 2. The van der Waals surface area contributed by atoms with E-state index in [1.165, 1.54) is 103 Å². The minimum atomic E-state index is 0.159. The van der Waals surface area contributed by atoms with Crippen LogP contribution in [0.2, 0.25) is 0 Å². The van der Waals surface area contributed by atoms with Crippen molar-refractivity contribution in [3.63, 3.8) is 0 Å². The quantitative estimate of drug-likeness (QED) is 0.108. The molecule has 1 aliphatic rings. The van der Waals surface area contributed by atoms with E-state index in [0.29, 0.717) is 5.92 Å². The van der Waals surface area contributed by atoms with Gasteiger partial charge in [-0.3, -0.25) is 4.79 Å². The smallest absolute Gasteiger partial charge is 0.259 e. The van der Waals surface area contributed by atoms with E-state index < -0.39 is 0 Å². The number of carbonyl (C=O) groups excluding carboxylic acids is 1. The van der Waals surface area contributed by atoms with Crippen LogP contribution in [0.3, 0.4) is 0 Å². The molecule has 1 amide bonds. The Labute approximate surface area is 252 Å². The Balaban J connectivity index is 1.66. The molecule has 0 saturated heterocycles. The highest BCUT2D eigenvalue weighted by molar-refractivity contribution is 9.11. The molecule has 0 fully saturated rings. The van der Waals surface area contributed by atoms with Crippen LogP contribution in [0.4, 0.5) is 5.69 Å². The molecule has 5 heteroatoms. The average Bonchev–Trinajstić information content (AvgIpc) is 3.43. The Morgan fingerprint density at radius 2 is 1.37 bits per heavy atom. The molecule has 0 N–H and O–H groups in total. The molecule has 1 aromatic carbocycles. The maximum absolute atomic E-state index is 13.8. The summed E-state index contributed by atoms with van der Waals surface area (Å²) in [6, 6.07) is 10.4. The van der Waals surface area contributed by atoms with E-state index in [1.807, 2.05) is 0 Å². The van der Waals surface area contributed by atoms with Gasteiger partial charge in [0, 0.05) is 21.5 Å². The van der Waals surface area contributed by atoms with Crippen LogP contribution in [0.1, 0.15) is 127 Å². The van der Waals surface area contributed by atoms with Crippen LogP contribution in [0.15, 0.2) is 38.6 Å². The highest BCUT2D eigenvalue weighted by atomic mass is 79.9. The topological polar surface area (TPSA) is 20.3 Å². The summed E-state index contributed by atoms with van der Waals surface area (Å²) in [4.78, 5) is 17.0. The number of hydrogen-bond acceptors (Lipinski definition) is 2. The Bertz CT molecular complexity index is 1010. The lowest BCUT2D eigenvalue weighted by Crippen LogP contribution is -2.32. The van der Waals surface area contributed by atoms with E-state index in [4.69, 9.17) is 0 Å². The third-order valence-corrected chi connectivity index (χ3v) is 9.83. The van der Waals surface area contributed by atoms with Crippen LogP contribution < -0.4 is 4.90 Å². The fourth-order valence-corrected chi connectivity index (χ4v) is 7.28. The number of rotatable bonds is 19. The number of fused-ring (bicyclic) bond motifs is 1. The Kier molecular flexibility index (Phi) is 14.7. The van der Waals surface area contributed by atoms with Crippen molar-refractivity contribution in [1.82, 2.24) is 0 Å². The van der Waals surface area contributed by atoms with Crippen LogP contribution in [0.5, 0.6) is 0 Å². The summed E-state index contributed by atoms with van der Waals surface area (Å²) in [5.41, 5.74) is 2.95. The number of anilines is 1. The molecule has 38 heavy (non-hydrogen) atoms. The molecule has 2 heterocycles. The van der Waals surface area contributed by atoms with Gasteiger partial charge in [0.1, 0.15) is 0 Å². The molecule has 2 aromatic rings. The summed E-state index contributed by atoms with van der Waals surface area (Å²) < 4.78 is 2.12. The summed E-state index contributed by atoms with van der Waals surface area (Å²) in [6.45, 7) is 5.40. The number of carbonyl (C=O) groups is 1. The first-order valence-corrected chi connectivity index (χ1v) is 17.5. The Morgan fingerprint density at radius 3 is 1.92 bits per heavy atom. The van der Waals surface area contributed by atoms with Gasteiger partial charge in [0.15, 0.2) is 0 Å². The number of amides is 1. The van der Waals surface area contributed by atoms with Crippen LogP contribution >= 0.6 is 43.2 Å². The number of hydrogen-bond donors (Lipinski definition) is 0. The fourth-order valence-electron chi connectivity index (χ4n) is 5.56. The van der Waals surface area contributed by atoms with Gasteiger partial charge in [-0.2, -0.15) is 0 Å². The third kappa shape index (κ3) is 10.2. The van der Waals surface area contributed by atoms with E-state index in [1.54, 1.807) is 11.3 Å². The number of benzene rings is 1. The van der Waals surface area contributed by atoms with Gasteiger partial charge in [0.2, 0.25) is 0 Å². The van der Waals surface area contributed by atoms with Crippen LogP contribution in [-0.4, -0.2) is 12.5 Å². The minimum absolute atomic E-state index is 0.159. The SMILES string of the molecule is CCCCCCCCCCC(CCCCCCCC)CN1C(=O)/C(=C\c2ccc(Br)s2)c2ccc(Br)cc21. The van der Waals surface area contributed by atoms with Gasteiger partial charge in [0.05, 0.1) is 15.0 Å². The van der Waals surface area contributed by atoms with Crippen molar-refractivity contribution in [3.8, 4) is 0 Å². The molecule has 1 atom stereocenters. The van der Waals surface area contributed by atoms with Crippen molar-refractivity contribution in [2.45, 2.75) is 117 Å². The molecule has 0 spiro atoms. The van der Waals surface area contributed by atoms with Crippen molar-refractivity contribution >= 4 is 66.4 Å². The van der Waals surface area contributed by atoms with Gasteiger partial charge in [-0.15, -0.1) is 11.3 Å². The molecule has 1 aliphatic heterocycles. The summed E-state index contributed by atoms with van der Waals surface area (Å²) in [7, 11) is 0. The second kappa shape index (κ2) is 17.7. The van der Waals surface area contributed by atoms with E-state index in [0.717, 1.165) is 36.5 Å². The fraction of sp³-hybridized carbons (Fsp3) is 0.606. The van der Waals surface area contributed by atoms with Crippen molar-refractivity contribution in [2.75, 3.05) is 11.4 Å². The van der Waals surface area contributed by atoms with Crippen LogP contribution in [-0.2, 0) is 4.79 Å². The van der Waals surface area contributed by atoms with E-state index in [9.17, 15) is 4.79 Å². The Morgan fingerprint density at radius 1 is 0.789 bits per heavy atom. The van der Waals surface area contributed by atoms with Gasteiger partial charge < -0.3 is 4.90 Å². The van der Waals surface area contributed by atoms with Crippen molar-refractivity contribution in [1.29, 1.82) is 0 Å². The maximum atomic E-state index is 13.8. The standard InChI is InChI=1S/C33H47Br2NOS/c1-3-5-7-9-11-12-14-16-18-26(17-15-13-10-8-6-4-2)25-36-31-23-27(34)19-21-29(31)30(33(36)37)24-28-20-22-32(35)38-28/h19-24,26H,3-18,25H2,1-2H3/b30-24-. The van der Waals surface area contributed by atoms with Crippen molar-refractivity contribution in [2.24, 2.45) is 5.92 Å². The average molecular weight is 666 g/mol. The summed E-state index contributed by atoms with van der Waals surface area (Å²) in [5, 5.41) is 0. The lowest BCUT2D eigenvalue weighted by atomic mass is 9.93. The predicted molar refractivity (Wildman–Crippen MR) is 175 cm³/mol. The highest BCUT2D eigenvalue weighted by Gasteiger charge is 2.33. The molecule has 210 valence electrons. The second-order valence-electron chi connectivity index (χ2n) is 11.0. The summed E-state index contributed by atoms with van der Waals surface area (Å²) >= 11 is 8.90. The first-order chi connectivity index (χ1) is 18.5. The van der Waals surface area contributed by atoms with Gasteiger partial charge in [-0.05, 0) is 65.0 Å². The molecule has 3 rings (SSSR count). The first-order valence-electron chi connectivity index (χ1n) is 15.1. The maximum Gasteiger partial charge on any atom is 0.259 e. The summed E-state index contributed by atoms with van der Waals surface area (Å²) in [6.07, 6.45) is 23.3. The predicted octanol–water partition coefficient (Wildman–Crippen LogP) is 12.1. The number of unbranched alkanes of at least 4 members (excludes halogenated alkanes) is 12. The lowest BCUT2D eigenvalue weighted by Gasteiger charge is -2.25.